The molecule has 2 aliphatic heterocycles. The molecule has 0 atom stereocenters. The number of rotatable bonds is 3. The molecule has 28 heavy (non-hydrogen) atoms. The fourth-order valence-electron chi connectivity index (χ4n) is 3.96. The number of allylic oxidation sites excluding steroid dienone is 1. The van der Waals surface area contributed by atoms with Crippen molar-refractivity contribution in [1.29, 1.82) is 0 Å². The van der Waals surface area contributed by atoms with Gasteiger partial charge in [-0.3, -0.25) is 0 Å². The van der Waals surface area contributed by atoms with Gasteiger partial charge in [0.2, 0.25) is 11.8 Å². The van der Waals surface area contributed by atoms with Crippen molar-refractivity contribution in [3.63, 3.8) is 0 Å². The molecule has 0 amide bonds. The average Bonchev–Trinajstić information content (AvgIpc) is 3.33. The topological polar surface area (TPSA) is 77.4 Å². The van der Waals surface area contributed by atoms with Crippen LogP contribution in [0.3, 0.4) is 0 Å². The molecule has 2 aromatic heterocycles. The third-order valence-electron chi connectivity index (χ3n) is 5.49. The van der Waals surface area contributed by atoms with Gasteiger partial charge in [0.1, 0.15) is 5.69 Å². The van der Waals surface area contributed by atoms with Crippen molar-refractivity contribution < 1.29 is 5.11 Å². The van der Waals surface area contributed by atoms with E-state index >= 15 is 0 Å². The summed E-state index contributed by atoms with van der Waals surface area (Å²) < 4.78 is 0. The van der Waals surface area contributed by atoms with Crippen LogP contribution in [-0.2, 0) is 0 Å². The maximum Gasteiger partial charge on any atom is 0.238 e. The fourth-order valence-corrected chi connectivity index (χ4v) is 3.96. The van der Waals surface area contributed by atoms with E-state index in [0.717, 1.165) is 43.0 Å². The third kappa shape index (κ3) is 3.07. The van der Waals surface area contributed by atoms with Crippen LogP contribution in [0.2, 0.25) is 0 Å². The molecule has 0 spiro atoms. The van der Waals surface area contributed by atoms with Gasteiger partial charge < -0.3 is 15.0 Å². The quantitative estimate of drug-likeness (QED) is 0.725. The fraction of sp³-hybridized carbons (Fsp3) is 0.227. The molecular weight excluding hydrogens is 350 g/mol. The highest BCUT2D eigenvalue weighted by Crippen LogP contribution is 2.33. The molecule has 1 saturated heterocycles. The van der Waals surface area contributed by atoms with E-state index in [2.05, 4.69) is 55.2 Å². The van der Waals surface area contributed by atoms with Crippen LogP contribution in [0.25, 0.3) is 11.6 Å². The van der Waals surface area contributed by atoms with Gasteiger partial charge in [-0.15, -0.1) is 0 Å². The van der Waals surface area contributed by atoms with E-state index in [-0.39, 0.29) is 5.88 Å². The molecule has 3 aromatic rings. The molecule has 0 saturated carbocycles. The summed E-state index contributed by atoms with van der Waals surface area (Å²) in [6.45, 7) is 1.83. The second kappa shape index (κ2) is 6.96. The molecule has 2 N–H and O–H groups in total. The van der Waals surface area contributed by atoms with Crippen molar-refractivity contribution in [3.8, 4) is 5.88 Å². The first-order chi connectivity index (χ1) is 13.8. The summed E-state index contributed by atoms with van der Waals surface area (Å²) >= 11 is 0. The van der Waals surface area contributed by atoms with Crippen molar-refractivity contribution >= 4 is 29.6 Å². The molecule has 1 fully saturated rings. The van der Waals surface area contributed by atoms with Gasteiger partial charge in [0.15, 0.2) is 5.82 Å². The normalized spacial score (nSPS) is 18.0. The number of aromatic nitrogens is 3. The molecular formula is C22H21N5O. The van der Waals surface area contributed by atoms with Crippen molar-refractivity contribution in [2.45, 2.75) is 18.8 Å². The molecule has 0 radical (unpaired) electrons. The van der Waals surface area contributed by atoms with Crippen molar-refractivity contribution in [2.24, 2.45) is 4.99 Å². The monoisotopic (exact) mass is 371 g/mol. The van der Waals surface area contributed by atoms with Gasteiger partial charge in [-0.2, -0.15) is 4.98 Å². The maximum absolute atomic E-state index is 10.3. The van der Waals surface area contributed by atoms with Crippen LogP contribution < -0.4 is 4.90 Å². The van der Waals surface area contributed by atoms with Crippen LogP contribution in [-0.4, -0.2) is 39.4 Å². The summed E-state index contributed by atoms with van der Waals surface area (Å²) in [6.07, 6.45) is 7.52. The zero-order valence-corrected chi connectivity index (χ0v) is 15.4. The average molecular weight is 371 g/mol. The Hall–Kier alpha value is -3.41. The minimum absolute atomic E-state index is 0.0124. The van der Waals surface area contributed by atoms with Crippen LogP contribution in [0.4, 0.5) is 11.8 Å². The van der Waals surface area contributed by atoms with Gasteiger partial charge in [-0.25, -0.2) is 9.98 Å². The van der Waals surface area contributed by atoms with Crippen LogP contribution in [0, 0.1) is 0 Å². The Morgan fingerprint density at radius 1 is 1.07 bits per heavy atom. The summed E-state index contributed by atoms with van der Waals surface area (Å²) in [7, 11) is 0. The number of nitrogens with zero attached hydrogens (tertiary/aromatic N) is 4. The van der Waals surface area contributed by atoms with Gasteiger partial charge in [-0.1, -0.05) is 30.3 Å². The first kappa shape index (κ1) is 16.7. The number of aliphatic imine (C=N–C) groups is 1. The van der Waals surface area contributed by atoms with E-state index in [1.54, 1.807) is 12.4 Å². The van der Waals surface area contributed by atoms with Gasteiger partial charge in [-0.05, 0) is 42.5 Å². The minimum Gasteiger partial charge on any atom is -0.492 e. The molecule has 0 bridgehead atoms. The number of piperidine rings is 1. The highest BCUT2D eigenvalue weighted by Gasteiger charge is 2.23. The standard InChI is InChI=1S/C22H21N5O/c28-21-19(13-17-14-24-20-18(17)7-4-10-23-20)25-22(26-21)27-11-8-16(9-12-27)15-5-2-1-3-6-15/h1-7,10,13-14,16,28H,8-9,11-12H2,(H,25,26)/b17-13+. The lowest BCUT2D eigenvalue weighted by Crippen LogP contribution is -2.33. The van der Waals surface area contributed by atoms with E-state index in [1.807, 2.05) is 18.2 Å². The van der Waals surface area contributed by atoms with Crippen LogP contribution in [0.5, 0.6) is 5.88 Å². The van der Waals surface area contributed by atoms with Crippen LogP contribution >= 0.6 is 0 Å². The SMILES string of the molecule is Oc1nc(N2CCC(c3ccccc3)CC2)[nH]c1/C=C1\C=Nc2ncccc21. The number of H-pyrrole nitrogens is 1. The third-order valence-corrected chi connectivity index (χ3v) is 5.49. The number of anilines is 1. The molecule has 6 heteroatoms. The smallest absolute Gasteiger partial charge is 0.238 e. The Bertz CT molecular complexity index is 1050. The highest BCUT2D eigenvalue weighted by molar-refractivity contribution is 6.20. The van der Waals surface area contributed by atoms with E-state index in [0.29, 0.717) is 17.4 Å². The first-order valence-electron chi connectivity index (χ1n) is 9.58. The van der Waals surface area contributed by atoms with Gasteiger partial charge in [0.25, 0.3) is 0 Å². The van der Waals surface area contributed by atoms with Crippen molar-refractivity contribution in [2.75, 3.05) is 18.0 Å². The largest absolute Gasteiger partial charge is 0.492 e. The number of hydrogen-bond acceptors (Lipinski definition) is 5. The summed E-state index contributed by atoms with van der Waals surface area (Å²) in [5.74, 6) is 2.02. The number of nitrogens with one attached hydrogen (secondary N) is 1. The van der Waals surface area contributed by atoms with E-state index in [9.17, 15) is 5.11 Å². The number of aromatic amines is 1. The highest BCUT2D eigenvalue weighted by atomic mass is 16.3. The Morgan fingerprint density at radius 3 is 2.71 bits per heavy atom. The predicted molar refractivity (Wildman–Crippen MR) is 111 cm³/mol. The van der Waals surface area contributed by atoms with Gasteiger partial charge in [0.05, 0.1) is 0 Å². The molecule has 0 unspecified atom stereocenters. The summed E-state index contributed by atoms with van der Waals surface area (Å²) in [5.41, 5.74) is 3.87. The zero-order chi connectivity index (χ0) is 18.9. The minimum atomic E-state index is 0.0124. The summed E-state index contributed by atoms with van der Waals surface area (Å²) in [5, 5.41) is 10.3. The Morgan fingerprint density at radius 2 is 1.89 bits per heavy atom. The van der Waals surface area contributed by atoms with Gasteiger partial charge in [0, 0.05) is 36.6 Å². The van der Waals surface area contributed by atoms with E-state index in [4.69, 9.17) is 0 Å². The maximum atomic E-state index is 10.3. The second-order valence-corrected chi connectivity index (χ2v) is 7.20. The number of aromatic hydroxyl groups is 1. The lowest BCUT2D eigenvalue weighted by atomic mass is 9.90. The van der Waals surface area contributed by atoms with Crippen molar-refractivity contribution in [3.05, 3.63) is 65.5 Å². The second-order valence-electron chi connectivity index (χ2n) is 7.20. The van der Waals surface area contributed by atoms with E-state index < -0.39 is 0 Å². The van der Waals surface area contributed by atoms with E-state index in [1.165, 1.54) is 5.56 Å². The number of pyridine rings is 1. The number of imidazole rings is 1. The Kier molecular flexibility index (Phi) is 4.16. The molecule has 0 aliphatic carbocycles. The lowest BCUT2D eigenvalue weighted by molar-refractivity contribution is 0.453. The van der Waals surface area contributed by atoms with Crippen LogP contribution in [0.1, 0.15) is 35.6 Å². The summed E-state index contributed by atoms with van der Waals surface area (Å²) in [4.78, 5) is 18.4. The first-order valence-corrected chi connectivity index (χ1v) is 9.58. The summed E-state index contributed by atoms with van der Waals surface area (Å²) in [6, 6.07) is 14.5. The number of benzene rings is 1. The Labute approximate surface area is 163 Å². The van der Waals surface area contributed by atoms with Crippen LogP contribution in [0.15, 0.2) is 53.7 Å². The molecule has 1 aromatic carbocycles. The molecule has 6 nitrogen and oxygen atoms in total. The molecule has 140 valence electrons. The predicted octanol–water partition coefficient (Wildman–Crippen LogP) is 4.15. The molecule has 5 rings (SSSR count). The number of hydrogen-bond donors (Lipinski definition) is 2. The zero-order valence-electron chi connectivity index (χ0n) is 15.4. The van der Waals surface area contributed by atoms with Gasteiger partial charge >= 0.3 is 0 Å². The lowest BCUT2D eigenvalue weighted by Gasteiger charge is -2.31. The molecule has 2 aliphatic rings. The van der Waals surface area contributed by atoms with Crippen molar-refractivity contribution in [1.82, 2.24) is 15.0 Å². The number of fused-ring (bicyclic) bond motifs is 1. The Balaban J connectivity index is 1.33. The molecule has 4 heterocycles.